The number of amides is 2. The lowest BCUT2D eigenvalue weighted by Crippen LogP contribution is -2.20. The zero-order valence-electron chi connectivity index (χ0n) is 15.0. The minimum Gasteiger partial charge on any atom is -0.493 e. The predicted molar refractivity (Wildman–Crippen MR) is 102 cm³/mol. The van der Waals surface area contributed by atoms with E-state index < -0.39 is 0 Å². The topological polar surface area (TPSA) is 79.8 Å². The molecule has 0 saturated carbocycles. The molecule has 0 aromatic heterocycles. The average Bonchev–Trinajstić information content (AvgIpc) is 2.63. The summed E-state index contributed by atoms with van der Waals surface area (Å²) in [4.78, 5) is 23.8. The molecule has 0 saturated heterocycles. The number of nitrogens with one attached hydrogen (secondary N) is 2. The highest BCUT2D eigenvalue weighted by atomic mass is 16.5. The summed E-state index contributed by atoms with van der Waals surface area (Å²) in [7, 11) is 0. The molecule has 0 fully saturated rings. The van der Waals surface area contributed by atoms with Crippen molar-refractivity contribution in [3.8, 4) is 5.75 Å². The summed E-state index contributed by atoms with van der Waals surface area (Å²) >= 11 is 0. The number of carbonyl (C=O) groups excluding carboxylic acids is 2. The van der Waals surface area contributed by atoms with Gasteiger partial charge in [0.05, 0.1) is 12.8 Å². The van der Waals surface area contributed by atoms with Crippen LogP contribution in [0, 0.1) is 6.92 Å². The SMILES string of the molecule is CCOc1ccccc1C=NNC(=O)CCC(=O)Nc1ccccc1C. The Morgan fingerprint density at radius 2 is 1.73 bits per heavy atom. The Bertz CT molecular complexity index is 787. The van der Waals surface area contributed by atoms with E-state index in [0.29, 0.717) is 12.4 Å². The number of ether oxygens (including phenoxy) is 1. The molecular formula is C20H23N3O3. The van der Waals surface area contributed by atoms with Gasteiger partial charge in [-0.2, -0.15) is 5.10 Å². The van der Waals surface area contributed by atoms with Crippen LogP contribution >= 0.6 is 0 Å². The van der Waals surface area contributed by atoms with E-state index in [9.17, 15) is 9.59 Å². The molecule has 0 unspecified atom stereocenters. The maximum atomic E-state index is 11.9. The van der Waals surface area contributed by atoms with Gasteiger partial charge in [-0.25, -0.2) is 5.43 Å². The van der Waals surface area contributed by atoms with Crippen molar-refractivity contribution in [2.24, 2.45) is 5.10 Å². The van der Waals surface area contributed by atoms with Crippen LogP contribution < -0.4 is 15.5 Å². The van der Waals surface area contributed by atoms with Gasteiger partial charge in [0.1, 0.15) is 5.75 Å². The van der Waals surface area contributed by atoms with Gasteiger partial charge in [-0.1, -0.05) is 30.3 Å². The molecule has 0 aliphatic rings. The van der Waals surface area contributed by atoms with Crippen LogP contribution in [-0.2, 0) is 9.59 Å². The first-order valence-electron chi connectivity index (χ1n) is 8.49. The fraction of sp³-hybridized carbons (Fsp3) is 0.250. The third kappa shape index (κ3) is 6.05. The molecule has 0 aliphatic heterocycles. The lowest BCUT2D eigenvalue weighted by molar-refractivity contribution is -0.124. The van der Waals surface area contributed by atoms with Gasteiger partial charge in [0.25, 0.3) is 0 Å². The van der Waals surface area contributed by atoms with Crippen molar-refractivity contribution in [3.63, 3.8) is 0 Å². The van der Waals surface area contributed by atoms with Crippen molar-refractivity contribution in [2.45, 2.75) is 26.7 Å². The van der Waals surface area contributed by atoms with Gasteiger partial charge in [-0.3, -0.25) is 9.59 Å². The Balaban J connectivity index is 1.78. The molecule has 136 valence electrons. The molecule has 6 heteroatoms. The minimum absolute atomic E-state index is 0.0577. The molecule has 0 heterocycles. The van der Waals surface area contributed by atoms with Gasteiger partial charge in [0, 0.05) is 24.1 Å². The van der Waals surface area contributed by atoms with Gasteiger partial charge in [-0.05, 0) is 37.6 Å². The molecule has 6 nitrogen and oxygen atoms in total. The summed E-state index contributed by atoms with van der Waals surface area (Å²) in [5.74, 6) is 0.167. The molecule has 26 heavy (non-hydrogen) atoms. The maximum Gasteiger partial charge on any atom is 0.240 e. The fourth-order valence-corrected chi connectivity index (χ4v) is 2.26. The van der Waals surface area contributed by atoms with Crippen molar-refractivity contribution >= 4 is 23.7 Å². The molecule has 2 amide bonds. The lowest BCUT2D eigenvalue weighted by Gasteiger charge is -2.07. The second-order valence-electron chi connectivity index (χ2n) is 5.63. The zero-order chi connectivity index (χ0) is 18.8. The van der Waals surface area contributed by atoms with Crippen LogP contribution in [0.25, 0.3) is 0 Å². The first-order chi connectivity index (χ1) is 12.6. The summed E-state index contributed by atoms with van der Waals surface area (Å²) in [5, 5.41) is 6.72. The Kier molecular flexibility index (Phi) is 7.36. The predicted octanol–water partition coefficient (Wildman–Crippen LogP) is 3.26. The van der Waals surface area contributed by atoms with Crippen LogP contribution in [0.3, 0.4) is 0 Å². The molecule has 0 spiro atoms. The lowest BCUT2D eigenvalue weighted by atomic mass is 10.2. The number of hydrogen-bond acceptors (Lipinski definition) is 4. The largest absolute Gasteiger partial charge is 0.493 e. The standard InChI is InChI=1S/C20H23N3O3/c1-3-26-18-11-7-5-9-16(18)14-21-23-20(25)13-12-19(24)22-17-10-6-4-8-15(17)2/h4-11,14H,3,12-13H2,1-2H3,(H,22,24)(H,23,25). The number of anilines is 1. The van der Waals surface area contributed by atoms with Crippen molar-refractivity contribution in [1.29, 1.82) is 0 Å². The zero-order valence-corrected chi connectivity index (χ0v) is 15.0. The molecule has 2 N–H and O–H groups in total. The molecule has 2 aromatic rings. The summed E-state index contributed by atoms with van der Waals surface area (Å²) in [5.41, 5.74) is 4.92. The van der Waals surface area contributed by atoms with Crippen molar-refractivity contribution in [1.82, 2.24) is 5.43 Å². The van der Waals surface area contributed by atoms with E-state index in [0.717, 1.165) is 16.8 Å². The molecular weight excluding hydrogens is 330 g/mol. The van der Waals surface area contributed by atoms with E-state index in [1.165, 1.54) is 6.21 Å². The number of hydrazone groups is 1. The molecule has 0 atom stereocenters. The summed E-state index contributed by atoms with van der Waals surface area (Å²) in [6.45, 7) is 4.36. The van der Waals surface area contributed by atoms with Gasteiger partial charge in [0.2, 0.25) is 11.8 Å². The first-order valence-corrected chi connectivity index (χ1v) is 8.49. The minimum atomic E-state index is -0.324. The van der Waals surface area contributed by atoms with E-state index >= 15 is 0 Å². The number of aryl methyl sites for hydroxylation is 1. The molecule has 0 bridgehead atoms. The summed E-state index contributed by atoms with van der Waals surface area (Å²) < 4.78 is 5.48. The fourth-order valence-electron chi connectivity index (χ4n) is 2.26. The quantitative estimate of drug-likeness (QED) is 0.565. The third-order valence-electron chi connectivity index (χ3n) is 3.61. The molecule has 2 rings (SSSR count). The number of nitrogens with zero attached hydrogens (tertiary/aromatic N) is 1. The second-order valence-corrected chi connectivity index (χ2v) is 5.63. The summed E-state index contributed by atoms with van der Waals surface area (Å²) in [6.07, 6.45) is 1.67. The third-order valence-corrected chi connectivity index (χ3v) is 3.61. The first kappa shape index (κ1) is 19.2. The summed E-state index contributed by atoms with van der Waals surface area (Å²) in [6, 6.07) is 14.9. The Morgan fingerprint density at radius 1 is 1.04 bits per heavy atom. The number of rotatable bonds is 8. The van der Waals surface area contributed by atoms with Gasteiger partial charge >= 0.3 is 0 Å². The van der Waals surface area contributed by atoms with E-state index in [1.807, 2.05) is 62.4 Å². The average molecular weight is 353 g/mol. The van der Waals surface area contributed by atoms with Crippen LogP contribution in [0.1, 0.15) is 30.9 Å². The van der Waals surface area contributed by atoms with Crippen LogP contribution in [0.15, 0.2) is 53.6 Å². The van der Waals surface area contributed by atoms with E-state index in [1.54, 1.807) is 0 Å². The smallest absolute Gasteiger partial charge is 0.240 e. The van der Waals surface area contributed by atoms with Crippen LogP contribution in [0.2, 0.25) is 0 Å². The number of benzene rings is 2. The van der Waals surface area contributed by atoms with Crippen LogP contribution in [0.4, 0.5) is 5.69 Å². The van der Waals surface area contributed by atoms with Crippen molar-refractivity contribution in [3.05, 3.63) is 59.7 Å². The van der Waals surface area contributed by atoms with Gasteiger partial charge in [0.15, 0.2) is 0 Å². The molecule has 0 radical (unpaired) electrons. The van der Waals surface area contributed by atoms with Crippen LogP contribution in [0.5, 0.6) is 5.75 Å². The van der Waals surface area contributed by atoms with Gasteiger partial charge < -0.3 is 10.1 Å². The number of para-hydroxylation sites is 2. The Labute approximate surface area is 153 Å². The monoisotopic (exact) mass is 353 g/mol. The Hall–Kier alpha value is -3.15. The van der Waals surface area contributed by atoms with E-state index in [2.05, 4.69) is 15.8 Å². The molecule has 0 aliphatic carbocycles. The highest BCUT2D eigenvalue weighted by molar-refractivity contribution is 5.94. The van der Waals surface area contributed by atoms with Crippen molar-refractivity contribution < 1.29 is 14.3 Å². The van der Waals surface area contributed by atoms with Gasteiger partial charge in [-0.15, -0.1) is 0 Å². The normalized spacial score (nSPS) is 10.5. The van der Waals surface area contributed by atoms with Crippen LogP contribution in [-0.4, -0.2) is 24.6 Å². The van der Waals surface area contributed by atoms with Crippen molar-refractivity contribution in [2.75, 3.05) is 11.9 Å². The highest BCUT2D eigenvalue weighted by Crippen LogP contribution is 2.15. The molecule has 2 aromatic carbocycles. The maximum absolute atomic E-state index is 11.9. The van der Waals surface area contributed by atoms with E-state index in [4.69, 9.17) is 4.74 Å². The number of carbonyl (C=O) groups is 2. The second kappa shape index (κ2) is 9.98. The Morgan fingerprint density at radius 3 is 2.50 bits per heavy atom. The highest BCUT2D eigenvalue weighted by Gasteiger charge is 2.08. The van der Waals surface area contributed by atoms with E-state index in [-0.39, 0.29) is 24.7 Å². The number of hydrogen-bond donors (Lipinski definition) is 2.